The Morgan fingerprint density at radius 1 is 1.50 bits per heavy atom. The Labute approximate surface area is 90.9 Å². The molecule has 0 atom stereocenters. The molecule has 2 nitrogen and oxygen atoms in total. The van der Waals surface area contributed by atoms with Gasteiger partial charge in [0, 0.05) is 17.0 Å². The lowest BCUT2D eigenvalue weighted by atomic mass is 10.3. The molecular formula is C9H8ClFN2S. The van der Waals surface area contributed by atoms with Gasteiger partial charge in [-0.05, 0) is 18.2 Å². The Morgan fingerprint density at radius 3 is 3.14 bits per heavy atom. The minimum Gasteiger partial charge on any atom is -0.328 e. The van der Waals surface area contributed by atoms with Crippen LogP contribution in [-0.4, -0.2) is 19.6 Å². The van der Waals surface area contributed by atoms with Crippen molar-refractivity contribution in [2.24, 2.45) is 4.40 Å². The maximum absolute atomic E-state index is 12.2. The smallest absolute Gasteiger partial charge is 0.107 e. The van der Waals surface area contributed by atoms with Crippen LogP contribution in [0.3, 0.4) is 0 Å². The van der Waals surface area contributed by atoms with Crippen LogP contribution in [0.1, 0.15) is 0 Å². The van der Waals surface area contributed by atoms with Gasteiger partial charge in [0.05, 0.1) is 17.1 Å². The van der Waals surface area contributed by atoms with E-state index in [1.165, 1.54) is 11.9 Å². The van der Waals surface area contributed by atoms with Crippen LogP contribution in [0.5, 0.6) is 0 Å². The summed E-state index contributed by atoms with van der Waals surface area (Å²) in [6, 6.07) is 5.51. The molecule has 1 aliphatic rings. The third kappa shape index (κ3) is 1.86. The minimum atomic E-state index is -0.390. The van der Waals surface area contributed by atoms with Crippen molar-refractivity contribution in [1.29, 1.82) is 0 Å². The van der Waals surface area contributed by atoms with Gasteiger partial charge in [-0.1, -0.05) is 11.6 Å². The topological polar surface area (TPSA) is 15.6 Å². The predicted molar refractivity (Wildman–Crippen MR) is 59.1 cm³/mol. The first kappa shape index (κ1) is 9.80. The molecule has 0 fully saturated rings. The first-order chi connectivity index (χ1) is 6.81. The third-order valence-corrected chi connectivity index (χ3v) is 2.85. The van der Waals surface area contributed by atoms with Gasteiger partial charge in [-0.15, -0.1) is 0 Å². The van der Waals surface area contributed by atoms with Gasteiger partial charge < -0.3 is 4.90 Å². The van der Waals surface area contributed by atoms with Crippen molar-refractivity contribution >= 4 is 35.6 Å². The summed E-state index contributed by atoms with van der Waals surface area (Å²) in [5, 5.41) is 0.675. The van der Waals surface area contributed by atoms with E-state index in [0.29, 0.717) is 11.6 Å². The lowest BCUT2D eigenvalue weighted by molar-refractivity contribution is 0.503. The highest BCUT2D eigenvalue weighted by Gasteiger charge is 2.14. The highest BCUT2D eigenvalue weighted by Crippen LogP contribution is 2.35. The van der Waals surface area contributed by atoms with Gasteiger partial charge >= 0.3 is 0 Å². The number of rotatable bonds is 2. The van der Waals surface area contributed by atoms with Crippen LogP contribution in [0.4, 0.5) is 10.1 Å². The summed E-state index contributed by atoms with van der Waals surface area (Å²) in [4.78, 5) is 2.75. The maximum Gasteiger partial charge on any atom is 0.107 e. The van der Waals surface area contributed by atoms with Gasteiger partial charge in [0.1, 0.15) is 13.0 Å². The molecule has 1 aliphatic heterocycles. The molecule has 0 N–H and O–H groups in total. The Kier molecular flexibility index (Phi) is 2.93. The molecule has 0 saturated heterocycles. The number of anilines is 1. The maximum atomic E-state index is 12.2. The Morgan fingerprint density at radius 2 is 2.36 bits per heavy atom. The fraction of sp³-hybridized carbons (Fsp3) is 0.222. The molecule has 5 heteroatoms. The van der Waals surface area contributed by atoms with Crippen LogP contribution >= 0.6 is 23.5 Å². The lowest BCUT2D eigenvalue weighted by Gasteiger charge is -2.23. The van der Waals surface area contributed by atoms with E-state index in [0.717, 1.165) is 10.6 Å². The molecule has 0 aliphatic carbocycles. The lowest BCUT2D eigenvalue weighted by Crippen LogP contribution is -2.25. The highest BCUT2D eigenvalue weighted by atomic mass is 35.5. The van der Waals surface area contributed by atoms with Crippen molar-refractivity contribution in [2.75, 3.05) is 18.1 Å². The van der Waals surface area contributed by atoms with Crippen LogP contribution in [-0.2, 0) is 0 Å². The van der Waals surface area contributed by atoms with Crippen molar-refractivity contribution < 1.29 is 4.39 Å². The number of benzene rings is 1. The zero-order valence-electron chi connectivity index (χ0n) is 7.28. The molecule has 0 unspecified atom stereocenters. The first-order valence-corrected chi connectivity index (χ1v) is 5.29. The second-order valence-corrected chi connectivity index (χ2v) is 4.08. The third-order valence-electron chi connectivity index (χ3n) is 1.89. The van der Waals surface area contributed by atoms with Crippen molar-refractivity contribution in [2.45, 2.75) is 4.90 Å². The zero-order valence-corrected chi connectivity index (χ0v) is 8.85. The van der Waals surface area contributed by atoms with Crippen molar-refractivity contribution in [3.05, 3.63) is 23.2 Å². The number of fused-ring (bicyclic) bond motifs is 1. The molecule has 0 amide bonds. The fourth-order valence-corrected chi connectivity index (χ4v) is 2.24. The van der Waals surface area contributed by atoms with E-state index in [-0.39, 0.29) is 0 Å². The molecule has 2 rings (SSSR count). The van der Waals surface area contributed by atoms with Gasteiger partial charge in [0.15, 0.2) is 0 Å². The summed E-state index contributed by atoms with van der Waals surface area (Å²) in [6.07, 6.45) is 1.64. The molecule has 14 heavy (non-hydrogen) atoms. The Balaban J connectivity index is 2.34. The quantitative estimate of drug-likeness (QED) is 0.726. The van der Waals surface area contributed by atoms with Gasteiger partial charge in [-0.25, -0.2) is 8.79 Å². The molecule has 0 saturated carbocycles. The normalized spacial score (nSPS) is 14.3. The number of hydrogen-bond acceptors (Lipinski definition) is 3. The van der Waals surface area contributed by atoms with E-state index in [9.17, 15) is 4.39 Å². The molecular weight excluding hydrogens is 223 g/mol. The molecule has 0 aromatic heterocycles. The van der Waals surface area contributed by atoms with E-state index in [1.807, 2.05) is 12.1 Å². The second-order valence-electron chi connectivity index (χ2n) is 2.81. The molecule has 0 spiro atoms. The zero-order chi connectivity index (χ0) is 9.97. The molecule has 0 radical (unpaired) electrons. The average Bonchev–Trinajstić information content (AvgIpc) is 2.18. The van der Waals surface area contributed by atoms with Gasteiger partial charge in [0.2, 0.25) is 0 Å². The van der Waals surface area contributed by atoms with E-state index < -0.39 is 6.67 Å². The largest absolute Gasteiger partial charge is 0.328 e. The molecule has 1 heterocycles. The van der Waals surface area contributed by atoms with Crippen molar-refractivity contribution in [3.63, 3.8) is 0 Å². The predicted octanol–water partition coefficient (Wildman–Crippen LogP) is 3.16. The SMILES string of the molecule is FCCN1C=NSc2cc(Cl)ccc21. The summed E-state index contributed by atoms with van der Waals surface area (Å²) >= 11 is 7.20. The van der Waals surface area contributed by atoms with Crippen LogP contribution < -0.4 is 4.90 Å². The van der Waals surface area contributed by atoms with Crippen LogP contribution in [0, 0.1) is 0 Å². The molecule has 0 bridgehead atoms. The summed E-state index contributed by atoms with van der Waals surface area (Å²) in [5.74, 6) is 0. The Bertz CT molecular complexity index is 370. The fourth-order valence-electron chi connectivity index (χ4n) is 1.27. The number of halogens is 2. The second kappa shape index (κ2) is 4.19. The van der Waals surface area contributed by atoms with E-state index >= 15 is 0 Å². The summed E-state index contributed by atoms with van der Waals surface area (Å²) in [5.41, 5.74) is 0.965. The highest BCUT2D eigenvalue weighted by molar-refractivity contribution is 7.98. The standard InChI is InChI=1S/C9H8ClFN2S/c10-7-1-2-8-9(5-7)14-12-6-13(8)4-3-11/h1-2,5-6H,3-4H2. The van der Waals surface area contributed by atoms with Gasteiger partial charge in [-0.2, -0.15) is 0 Å². The van der Waals surface area contributed by atoms with Crippen LogP contribution in [0.25, 0.3) is 0 Å². The van der Waals surface area contributed by atoms with Crippen LogP contribution in [0.15, 0.2) is 27.5 Å². The molecule has 1 aromatic rings. The summed E-state index contributed by atoms with van der Waals surface area (Å²) < 4.78 is 16.3. The molecule has 1 aromatic carbocycles. The van der Waals surface area contributed by atoms with Crippen molar-refractivity contribution in [3.8, 4) is 0 Å². The first-order valence-electron chi connectivity index (χ1n) is 4.14. The number of hydrogen-bond donors (Lipinski definition) is 0. The number of alkyl halides is 1. The number of nitrogens with zero attached hydrogens (tertiary/aromatic N) is 2. The van der Waals surface area contributed by atoms with Crippen LogP contribution in [0.2, 0.25) is 5.02 Å². The minimum absolute atomic E-state index is 0.332. The van der Waals surface area contributed by atoms with E-state index in [1.54, 1.807) is 17.3 Å². The summed E-state index contributed by atoms with van der Waals surface area (Å²) in [7, 11) is 0. The Hall–Kier alpha value is -0.740. The van der Waals surface area contributed by atoms with Crippen molar-refractivity contribution in [1.82, 2.24) is 0 Å². The monoisotopic (exact) mass is 230 g/mol. The summed E-state index contributed by atoms with van der Waals surface area (Å²) in [6.45, 7) is -0.0581. The molecule has 74 valence electrons. The van der Waals surface area contributed by atoms with E-state index in [4.69, 9.17) is 11.6 Å². The van der Waals surface area contributed by atoms with E-state index in [2.05, 4.69) is 4.40 Å². The van der Waals surface area contributed by atoms with Gasteiger partial charge in [-0.3, -0.25) is 0 Å². The average molecular weight is 231 g/mol. The van der Waals surface area contributed by atoms with Gasteiger partial charge in [0.25, 0.3) is 0 Å².